The molecule has 3 rings (SSSR count). The van der Waals surface area contributed by atoms with E-state index in [1.54, 1.807) is 16.7 Å². The summed E-state index contributed by atoms with van der Waals surface area (Å²) in [5, 5.41) is 0. The van der Waals surface area contributed by atoms with Gasteiger partial charge in [-0.2, -0.15) is 0 Å². The summed E-state index contributed by atoms with van der Waals surface area (Å²) in [5.41, 5.74) is 7.71. The molecule has 1 aromatic heterocycles. The van der Waals surface area contributed by atoms with Crippen molar-refractivity contribution in [2.45, 2.75) is 25.3 Å². The lowest BCUT2D eigenvalue weighted by Gasteiger charge is -2.25. The third kappa shape index (κ3) is 1.17. The molecule has 0 atom stereocenters. The number of oxazole rings is 1. The van der Waals surface area contributed by atoms with Crippen LogP contribution in [-0.4, -0.2) is 4.57 Å². The van der Waals surface area contributed by atoms with Gasteiger partial charge in [-0.05, 0) is 31.4 Å². The Morgan fingerprint density at radius 1 is 1.40 bits per heavy atom. The molecule has 1 saturated carbocycles. The second-order valence-electron chi connectivity index (χ2n) is 4.05. The number of nitrogens with zero attached hydrogens (tertiary/aromatic N) is 1. The topological polar surface area (TPSA) is 61.2 Å². The Morgan fingerprint density at radius 3 is 2.87 bits per heavy atom. The van der Waals surface area contributed by atoms with Crippen LogP contribution in [0.15, 0.2) is 27.4 Å². The molecule has 4 heteroatoms. The Morgan fingerprint density at radius 2 is 2.20 bits per heavy atom. The van der Waals surface area contributed by atoms with Gasteiger partial charge in [0, 0.05) is 17.8 Å². The predicted molar refractivity (Wildman–Crippen MR) is 57.8 cm³/mol. The molecule has 2 aromatic rings. The summed E-state index contributed by atoms with van der Waals surface area (Å²) in [4.78, 5) is 11.6. The van der Waals surface area contributed by atoms with Crippen LogP contribution in [0, 0.1) is 0 Å². The molecule has 78 valence electrons. The van der Waals surface area contributed by atoms with E-state index >= 15 is 0 Å². The minimum Gasteiger partial charge on any atom is -0.408 e. The lowest BCUT2D eigenvalue weighted by atomic mass is 9.93. The van der Waals surface area contributed by atoms with Gasteiger partial charge in [-0.3, -0.25) is 4.57 Å². The molecule has 1 heterocycles. The van der Waals surface area contributed by atoms with E-state index in [9.17, 15) is 4.79 Å². The minimum atomic E-state index is -0.264. The molecule has 1 aliphatic carbocycles. The van der Waals surface area contributed by atoms with Crippen LogP contribution >= 0.6 is 0 Å². The summed E-state index contributed by atoms with van der Waals surface area (Å²) in [7, 11) is 0. The Kier molecular flexibility index (Phi) is 1.65. The van der Waals surface area contributed by atoms with Gasteiger partial charge in [0.1, 0.15) is 0 Å². The molecule has 1 aliphatic rings. The molecule has 4 nitrogen and oxygen atoms in total. The summed E-state index contributed by atoms with van der Waals surface area (Å²) in [6.45, 7) is 0. The first-order chi connectivity index (χ1) is 7.25. The first-order valence-electron chi connectivity index (χ1n) is 5.16. The number of fused-ring (bicyclic) bond motifs is 1. The quantitative estimate of drug-likeness (QED) is 0.721. The van der Waals surface area contributed by atoms with Crippen molar-refractivity contribution < 1.29 is 4.42 Å². The fraction of sp³-hybridized carbons (Fsp3) is 0.364. The van der Waals surface area contributed by atoms with Crippen LogP contribution < -0.4 is 11.5 Å². The van der Waals surface area contributed by atoms with Gasteiger partial charge in [0.2, 0.25) is 0 Å². The van der Waals surface area contributed by atoms with Gasteiger partial charge in [-0.25, -0.2) is 4.79 Å². The highest BCUT2D eigenvalue weighted by Crippen LogP contribution is 2.33. The Hall–Kier alpha value is -1.71. The van der Waals surface area contributed by atoms with E-state index in [0.29, 0.717) is 17.3 Å². The van der Waals surface area contributed by atoms with E-state index in [-0.39, 0.29) is 5.76 Å². The fourth-order valence-corrected chi connectivity index (χ4v) is 2.04. The van der Waals surface area contributed by atoms with Crippen molar-refractivity contribution in [2.75, 3.05) is 5.73 Å². The highest BCUT2D eigenvalue weighted by Gasteiger charge is 2.24. The molecule has 0 bridgehead atoms. The average molecular weight is 204 g/mol. The molecule has 1 fully saturated rings. The minimum absolute atomic E-state index is 0.264. The molecular weight excluding hydrogens is 192 g/mol. The second-order valence-corrected chi connectivity index (χ2v) is 4.05. The summed E-state index contributed by atoms with van der Waals surface area (Å²) in [6, 6.07) is 5.68. The smallest absolute Gasteiger partial charge is 0.408 e. The zero-order chi connectivity index (χ0) is 10.4. The van der Waals surface area contributed by atoms with Crippen LogP contribution in [0.25, 0.3) is 11.1 Å². The lowest BCUT2D eigenvalue weighted by molar-refractivity contribution is 0.299. The number of benzene rings is 1. The normalized spacial score (nSPS) is 16.8. The number of nitrogens with two attached hydrogens (primary N) is 1. The van der Waals surface area contributed by atoms with Crippen molar-refractivity contribution >= 4 is 16.8 Å². The number of anilines is 1. The number of rotatable bonds is 1. The summed E-state index contributed by atoms with van der Waals surface area (Å²) >= 11 is 0. The number of nitrogen functional groups attached to an aromatic ring is 1. The molecule has 0 amide bonds. The number of hydrogen-bond donors (Lipinski definition) is 1. The zero-order valence-electron chi connectivity index (χ0n) is 8.27. The highest BCUT2D eigenvalue weighted by molar-refractivity contribution is 5.77. The van der Waals surface area contributed by atoms with Gasteiger partial charge in [0.15, 0.2) is 5.58 Å². The monoisotopic (exact) mass is 204 g/mol. The summed E-state index contributed by atoms with van der Waals surface area (Å²) in [6.07, 6.45) is 3.33. The maximum Gasteiger partial charge on any atom is 0.420 e. The van der Waals surface area contributed by atoms with Crippen LogP contribution in [-0.2, 0) is 0 Å². The van der Waals surface area contributed by atoms with Crippen molar-refractivity contribution in [1.82, 2.24) is 4.57 Å². The standard InChI is InChI=1S/C11H12N2O2/c12-7-4-5-9-10(6-7)15-11(14)13(9)8-2-1-3-8/h4-6,8H,1-3,12H2. The fourth-order valence-electron chi connectivity index (χ4n) is 2.04. The SMILES string of the molecule is Nc1ccc2c(c1)oc(=O)n2C1CCC1. The van der Waals surface area contributed by atoms with Gasteiger partial charge < -0.3 is 10.2 Å². The van der Waals surface area contributed by atoms with Gasteiger partial charge in [-0.15, -0.1) is 0 Å². The predicted octanol–water partition coefficient (Wildman–Crippen LogP) is 1.90. The first kappa shape index (κ1) is 8.59. The van der Waals surface area contributed by atoms with Gasteiger partial charge in [-0.1, -0.05) is 0 Å². The second kappa shape index (κ2) is 2.89. The summed E-state index contributed by atoms with van der Waals surface area (Å²) in [5.74, 6) is -0.264. The molecule has 0 unspecified atom stereocenters. The van der Waals surface area contributed by atoms with Gasteiger partial charge in [0.05, 0.1) is 5.52 Å². The van der Waals surface area contributed by atoms with Crippen LogP contribution in [0.5, 0.6) is 0 Å². The Bertz CT molecular complexity index is 563. The van der Waals surface area contributed by atoms with Crippen molar-refractivity contribution in [3.05, 3.63) is 28.7 Å². The third-order valence-corrected chi connectivity index (χ3v) is 3.08. The van der Waals surface area contributed by atoms with Crippen LogP contribution in [0.1, 0.15) is 25.3 Å². The Balaban J connectivity index is 2.27. The van der Waals surface area contributed by atoms with Crippen molar-refractivity contribution in [1.29, 1.82) is 0 Å². The van der Waals surface area contributed by atoms with E-state index in [2.05, 4.69) is 0 Å². The van der Waals surface area contributed by atoms with Crippen molar-refractivity contribution in [3.8, 4) is 0 Å². The van der Waals surface area contributed by atoms with E-state index < -0.39 is 0 Å². The van der Waals surface area contributed by atoms with Gasteiger partial charge in [0.25, 0.3) is 0 Å². The maximum absolute atomic E-state index is 11.6. The van der Waals surface area contributed by atoms with Crippen LogP contribution in [0.2, 0.25) is 0 Å². The van der Waals surface area contributed by atoms with Gasteiger partial charge >= 0.3 is 5.76 Å². The maximum atomic E-state index is 11.6. The van der Waals surface area contributed by atoms with Crippen molar-refractivity contribution in [2.24, 2.45) is 0 Å². The lowest BCUT2D eigenvalue weighted by Crippen LogP contribution is -2.25. The van der Waals surface area contributed by atoms with E-state index in [0.717, 1.165) is 18.4 Å². The van der Waals surface area contributed by atoms with Crippen LogP contribution in [0.4, 0.5) is 5.69 Å². The van der Waals surface area contributed by atoms with E-state index in [1.807, 2.05) is 6.07 Å². The molecule has 0 saturated heterocycles. The van der Waals surface area contributed by atoms with Crippen molar-refractivity contribution in [3.63, 3.8) is 0 Å². The first-order valence-corrected chi connectivity index (χ1v) is 5.16. The molecule has 0 spiro atoms. The molecule has 0 radical (unpaired) electrons. The van der Waals surface area contributed by atoms with E-state index in [1.165, 1.54) is 6.42 Å². The zero-order valence-corrected chi connectivity index (χ0v) is 8.27. The molecule has 15 heavy (non-hydrogen) atoms. The highest BCUT2D eigenvalue weighted by atomic mass is 16.4. The van der Waals surface area contributed by atoms with Crippen LogP contribution in [0.3, 0.4) is 0 Å². The third-order valence-electron chi connectivity index (χ3n) is 3.08. The number of hydrogen-bond acceptors (Lipinski definition) is 3. The Labute approximate surface area is 86.3 Å². The summed E-state index contributed by atoms with van der Waals surface area (Å²) < 4.78 is 6.91. The average Bonchev–Trinajstić information content (AvgIpc) is 2.40. The molecule has 1 aromatic carbocycles. The van der Waals surface area contributed by atoms with E-state index in [4.69, 9.17) is 10.2 Å². The molecular formula is C11H12N2O2. The molecule has 0 aliphatic heterocycles. The molecule has 2 N–H and O–H groups in total. The number of aromatic nitrogens is 1. The largest absolute Gasteiger partial charge is 0.420 e.